The molecule has 0 unspecified atom stereocenters. The fraction of sp³-hybridized carbons (Fsp3) is 0.227. The number of urea groups is 1. The highest BCUT2D eigenvalue weighted by Crippen LogP contribution is 2.38. The number of hydrogen-bond acceptors (Lipinski definition) is 7. The highest BCUT2D eigenvalue weighted by Gasteiger charge is 2.51. The zero-order chi connectivity index (χ0) is 21.8. The highest BCUT2D eigenvalue weighted by atomic mass is 16.5. The van der Waals surface area contributed by atoms with Crippen LogP contribution >= 0.6 is 0 Å². The third-order valence-electron chi connectivity index (χ3n) is 4.83. The predicted molar refractivity (Wildman–Crippen MR) is 113 cm³/mol. The van der Waals surface area contributed by atoms with Gasteiger partial charge in [0, 0.05) is 42.9 Å². The van der Waals surface area contributed by atoms with E-state index >= 15 is 0 Å². The van der Waals surface area contributed by atoms with Gasteiger partial charge in [-0.3, -0.25) is 25.4 Å². The minimum Gasteiger partial charge on any atom is -0.456 e. The van der Waals surface area contributed by atoms with Crippen LogP contribution in [-0.2, 0) is 9.53 Å². The first-order chi connectivity index (χ1) is 15.0. The number of hydrogen-bond donors (Lipinski definition) is 2. The van der Waals surface area contributed by atoms with E-state index in [-0.39, 0.29) is 5.82 Å². The molecule has 31 heavy (non-hydrogen) atoms. The SMILES string of the molecule is COC1(C(=O)NC(=O)Nc2ccc(Oc3cc(C)nc(-c4cccnc4)c3)cn2)CC1. The van der Waals surface area contributed by atoms with Gasteiger partial charge in [0.1, 0.15) is 22.9 Å². The Morgan fingerprint density at radius 2 is 1.94 bits per heavy atom. The molecule has 0 aromatic carbocycles. The molecule has 1 aliphatic rings. The van der Waals surface area contributed by atoms with Crippen molar-refractivity contribution < 1.29 is 19.1 Å². The Balaban J connectivity index is 1.39. The van der Waals surface area contributed by atoms with Crippen LogP contribution in [0.2, 0.25) is 0 Å². The first kappa shape index (κ1) is 20.4. The zero-order valence-electron chi connectivity index (χ0n) is 17.1. The van der Waals surface area contributed by atoms with Gasteiger partial charge in [-0.05, 0) is 44.0 Å². The number of anilines is 1. The van der Waals surface area contributed by atoms with E-state index < -0.39 is 17.5 Å². The van der Waals surface area contributed by atoms with Crippen LogP contribution in [0.25, 0.3) is 11.3 Å². The van der Waals surface area contributed by atoms with Crippen LogP contribution in [0.15, 0.2) is 55.0 Å². The lowest BCUT2D eigenvalue weighted by atomic mass is 10.2. The average Bonchev–Trinajstić information content (AvgIpc) is 3.57. The quantitative estimate of drug-likeness (QED) is 0.628. The Kier molecular flexibility index (Phi) is 5.59. The lowest BCUT2D eigenvalue weighted by Crippen LogP contribution is -2.43. The molecule has 0 spiro atoms. The van der Waals surface area contributed by atoms with Crippen LogP contribution < -0.4 is 15.4 Å². The second-order valence-corrected chi connectivity index (χ2v) is 7.16. The monoisotopic (exact) mass is 419 g/mol. The van der Waals surface area contributed by atoms with Crippen LogP contribution in [0.1, 0.15) is 18.5 Å². The third kappa shape index (κ3) is 4.84. The molecule has 0 aliphatic heterocycles. The standard InChI is InChI=1S/C22H21N5O4/c1-14-10-17(11-18(25-14)15-4-3-9-23-12-15)31-16-5-6-19(24-13-16)26-21(29)27-20(28)22(30-2)7-8-22/h3-6,9-13H,7-8H2,1-2H3,(H2,24,26,27,28,29). The van der Waals surface area contributed by atoms with Gasteiger partial charge >= 0.3 is 6.03 Å². The fourth-order valence-corrected chi connectivity index (χ4v) is 3.01. The number of rotatable bonds is 6. The molecular formula is C22H21N5O4. The Hall–Kier alpha value is -3.85. The number of imide groups is 1. The first-order valence-electron chi connectivity index (χ1n) is 9.68. The number of pyridine rings is 3. The molecule has 9 nitrogen and oxygen atoms in total. The smallest absolute Gasteiger partial charge is 0.327 e. The summed E-state index contributed by atoms with van der Waals surface area (Å²) in [6.07, 6.45) is 6.12. The number of aryl methyl sites for hydroxylation is 1. The molecule has 3 aromatic rings. The summed E-state index contributed by atoms with van der Waals surface area (Å²) in [6.45, 7) is 1.88. The molecule has 0 bridgehead atoms. The van der Waals surface area contributed by atoms with E-state index in [9.17, 15) is 9.59 Å². The average molecular weight is 419 g/mol. The van der Waals surface area contributed by atoms with Gasteiger partial charge < -0.3 is 9.47 Å². The van der Waals surface area contributed by atoms with E-state index in [0.717, 1.165) is 17.0 Å². The second kappa shape index (κ2) is 8.49. The van der Waals surface area contributed by atoms with Gasteiger partial charge in [0.25, 0.3) is 5.91 Å². The summed E-state index contributed by atoms with van der Waals surface area (Å²) >= 11 is 0. The molecule has 1 fully saturated rings. The highest BCUT2D eigenvalue weighted by molar-refractivity contribution is 6.04. The van der Waals surface area contributed by atoms with E-state index in [1.54, 1.807) is 24.5 Å². The van der Waals surface area contributed by atoms with Gasteiger partial charge in [-0.1, -0.05) is 0 Å². The minimum atomic E-state index is -0.875. The molecular weight excluding hydrogens is 398 g/mol. The van der Waals surface area contributed by atoms with E-state index in [4.69, 9.17) is 9.47 Å². The zero-order valence-corrected chi connectivity index (χ0v) is 17.1. The molecule has 0 atom stereocenters. The van der Waals surface area contributed by atoms with E-state index in [0.29, 0.717) is 24.3 Å². The van der Waals surface area contributed by atoms with E-state index in [1.807, 2.05) is 31.2 Å². The number of carbonyl (C=O) groups excluding carboxylic acids is 2. The topological polar surface area (TPSA) is 115 Å². The Morgan fingerprint density at radius 1 is 1.10 bits per heavy atom. The van der Waals surface area contributed by atoms with Crippen molar-refractivity contribution in [2.75, 3.05) is 12.4 Å². The molecule has 3 amide bonds. The fourth-order valence-electron chi connectivity index (χ4n) is 3.01. The van der Waals surface area contributed by atoms with Crippen LogP contribution in [0.5, 0.6) is 11.5 Å². The summed E-state index contributed by atoms with van der Waals surface area (Å²) in [5.74, 6) is 0.916. The molecule has 158 valence electrons. The predicted octanol–water partition coefficient (Wildman–Crippen LogP) is 3.47. The van der Waals surface area contributed by atoms with Gasteiger partial charge in [0.15, 0.2) is 0 Å². The number of amides is 3. The van der Waals surface area contributed by atoms with E-state index in [1.165, 1.54) is 13.3 Å². The number of aromatic nitrogens is 3. The van der Waals surface area contributed by atoms with Crippen molar-refractivity contribution in [1.29, 1.82) is 0 Å². The van der Waals surface area contributed by atoms with Crippen molar-refractivity contribution in [1.82, 2.24) is 20.3 Å². The van der Waals surface area contributed by atoms with Gasteiger partial charge in [0.2, 0.25) is 0 Å². The number of nitrogens with zero attached hydrogens (tertiary/aromatic N) is 3. The Bertz CT molecular complexity index is 1100. The van der Waals surface area contributed by atoms with Crippen LogP contribution in [0.4, 0.5) is 10.6 Å². The van der Waals surface area contributed by atoms with Crippen molar-refractivity contribution in [3.63, 3.8) is 0 Å². The molecule has 0 radical (unpaired) electrons. The van der Waals surface area contributed by atoms with Gasteiger partial charge in [-0.25, -0.2) is 9.78 Å². The van der Waals surface area contributed by atoms with Crippen molar-refractivity contribution in [3.8, 4) is 22.8 Å². The number of carbonyl (C=O) groups is 2. The van der Waals surface area contributed by atoms with Crippen molar-refractivity contribution in [2.24, 2.45) is 0 Å². The molecule has 1 aliphatic carbocycles. The molecule has 2 N–H and O–H groups in total. The number of methoxy groups -OCH3 is 1. The van der Waals surface area contributed by atoms with Crippen molar-refractivity contribution >= 4 is 17.8 Å². The lowest BCUT2D eigenvalue weighted by Gasteiger charge is -2.13. The van der Waals surface area contributed by atoms with Crippen LogP contribution in [0.3, 0.4) is 0 Å². The molecule has 9 heteroatoms. The largest absolute Gasteiger partial charge is 0.456 e. The van der Waals surface area contributed by atoms with Gasteiger partial charge in [-0.2, -0.15) is 0 Å². The molecule has 3 aromatic heterocycles. The maximum Gasteiger partial charge on any atom is 0.327 e. The molecule has 1 saturated carbocycles. The van der Waals surface area contributed by atoms with E-state index in [2.05, 4.69) is 25.6 Å². The minimum absolute atomic E-state index is 0.280. The first-order valence-corrected chi connectivity index (χ1v) is 9.68. The summed E-state index contributed by atoms with van der Waals surface area (Å²) < 4.78 is 11.0. The third-order valence-corrected chi connectivity index (χ3v) is 4.83. The Labute approximate surface area is 178 Å². The normalized spacial score (nSPS) is 13.9. The molecule has 0 saturated heterocycles. The second-order valence-electron chi connectivity index (χ2n) is 7.16. The van der Waals surface area contributed by atoms with Crippen molar-refractivity contribution in [3.05, 3.63) is 60.7 Å². The summed E-state index contributed by atoms with van der Waals surface area (Å²) in [4.78, 5) is 36.8. The molecule has 4 rings (SSSR count). The summed E-state index contributed by atoms with van der Waals surface area (Å²) in [6, 6.07) is 9.99. The maximum atomic E-state index is 12.0. The summed E-state index contributed by atoms with van der Waals surface area (Å²) in [5.41, 5.74) is 1.56. The van der Waals surface area contributed by atoms with Crippen LogP contribution in [-0.4, -0.2) is 39.6 Å². The number of nitrogens with one attached hydrogen (secondary N) is 2. The number of ether oxygens (including phenoxy) is 2. The molecule has 3 heterocycles. The van der Waals surface area contributed by atoms with Gasteiger partial charge in [0.05, 0.1) is 11.9 Å². The van der Waals surface area contributed by atoms with Gasteiger partial charge in [-0.15, -0.1) is 0 Å². The maximum absolute atomic E-state index is 12.0. The Morgan fingerprint density at radius 3 is 2.58 bits per heavy atom. The van der Waals surface area contributed by atoms with Crippen molar-refractivity contribution in [2.45, 2.75) is 25.4 Å². The van der Waals surface area contributed by atoms with Crippen LogP contribution in [0, 0.1) is 6.92 Å². The lowest BCUT2D eigenvalue weighted by molar-refractivity contribution is -0.132. The summed E-state index contributed by atoms with van der Waals surface area (Å²) in [5, 5.41) is 4.78. The summed E-state index contributed by atoms with van der Waals surface area (Å²) in [7, 11) is 1.45.